The van der Waals surface area contributed by atoms with Gasteiger partial charge in [0.05, 0.1) is 22.5 Å². The SMILES string of the molecule is O=C(CS[C@@H]1CCc2ccccc2NC1=O)N[C@H]1CCS(=O)(=O)C1. The van der Waals surface area contributed by atoms with Gasteiger partial charge in [-0.1, -0.05) is 18.2 Å². The number of sulfone groups is 1. The number of hydrogen-bond acceptors (Lipinski definition) is 5. The molecule has 0 saturated carbocycles. The van der Waals surface area contributed by atoms with Crippen LogP contribution in [-0.4, -0.2) is 48.8 Å². The lowest BCUT2D eigenvalue weighted by Gasteiger charge is -2.14. The molecule has 2 heterocycles. The molecular formula is C16H20N2O4S2. The third-order valence-corrected chi connectivity index (χ3v) is 7.31. The average molecular weight is 368 g/mol. The Balaban J connectivity index is 1.50. The van der Waals surface area contributed by atoms with Crippen LogP contribution in [0.15, 0.2) is 24.3 Å². The molecule has 2 N–H and O–H groups in total. The van der Waals surface area contributed by atoms with Gasteiger partial charge >= 0.3 is 0 Å². The molecule has 0 aliphatic carbocycles. The first kappa shape index (κ1) is 17.3. The van der Waals surface area contributed by atoms with Gasteiger partial charge in [0.15, 0.2) is 9.84 Å². The number of carbonyl (C=O) groups excluding carboxylic acids is 2. The van der Waals surface area contributed by atoms with E-state index in [9.17, 15) is 18.0 Å². The normalized spacial score (nSPS) is 25.4. The zero-order chi connectivity index (χ0) is 17.2. The Bertz CT molecular complexity index is 748. The van der Waals surface area contributed by atoms with Gasteiger partial charge in [0.2, 0.25) is 11.8 Å². The minimum atomic E-state index is -3.01. The van der Waals surface area contributed by atoms with Crippen molar-refractivity contribution in [3.63, 3.8) is 0 Å². The Morgan fingerprint density at radius 1 is 1.29 bits per heavy atom. The highest BCUT2D eigenvalue weighted by Crippen LogP contribution is 2.27. The van der Waals surface area contributed by atoms with Crippen molar-refractivity contribution in [1.29, 1.82) is 0 Å². The van der Waals surface area contributed by atoms with E-state index < -0.39 is 9.84 Å². The smallest absolute Gasteiger partial charge is 0.237 e. The Morgan fingerprint density at radius 3 is 2.83 bits per heavy atom. The molecule has 1 aromatic carbocycles. The maximum Gasteiger partial charge on any atom is 0.237 e. The van der Waals surface area contributed by atoms with Crippen molar-refractivity contribution in [3.05, 3.63) is 29.8 Å². The summed E-state index contributed by atoms with van der Waals surface area (Å²) in [6.07, 6.45) is 1.94. The molecule has 1 aromatic rings. The summed E-state index contributed by atoms with van der Waals surface area (Å²) in [5.74, 6) is 0.0139. The highest BCUT2D eigenvalue weighted by atomic mass is 32.2. The van der Waals surface area contributed by atoms with Crippen LogP contribution in [0.5, 0.6) is 0 Å². The fourth-order valence-electron chi connectivity index (χ4n) is 3.00. The molecule has 0 bridgehead atoms. The zero-order valence-corrected chi connectivity index (χ0v) is 14.8. The molecule has 3 rings (SSSR count). The number of hydrogen-bond donors (Lipinski definition) is 2. The molecule has 2 amide bonds. The second-order valence-electron chi connectivity index (χ2n) is 6.15. The van der Waals surface area contributed by atoms with Crippen LogP contribution < -0.4 is 10.6 Å². The second kappa shape index (κ2) is 7.14. The van der Waals surface area contributed by atoms with Crippen LogP contribution in [0.3, 0.4) is 0 Å². The summed E-state index contributed by atoms with van der Waals surface area (Å²) in [5, 5.41) is 5.38. The number of amides is 2. The number of nitrogens with one attached hydrogen (secondary N) is 2. The second-order valence-corrected chi connectivity index (χ2v) is 9.57. The molecular weight excluding hydrogens is 348 g/mol. The summed E-state index contributed by atoms with van der Waals surface area (Å²) < 4.78 is 22.8. The molecule has 2 aliphatic heterocycles. The molecule has 8 heteroatoms. The van der Waals surface area contributed by atoms with Crippen LogP contribution in [0.4, 0.5) is 5.69 Å². The maximum atomic E-state index is 12.3. The Hall–Kier alpha value is -1.54. The van der Waals surface area contributed by atoms with Gasteiger partial charge < -0.3 is 10.6 Å². The quantitative estimate of drug-likeness (QED) is 0.826. The fraction of sp³-hybridized carbons (Fsp3) is 0.500. The predicted octanol–water partition coefficient (Wildman–Crippen LogP) is 0.976. The average Bonchev–Trinajstić information content (AvgIpc) is 2.77. The van der Waals surface area contributed by atoms with Crippen molar-refractivity contribution in [2.45, 2.75) is 30.6 Å². The summed E-state index contributed by atoms with van der Waals surface area (Å²) >= 11 is 1.31. The van der Waals surface area contributed by atoms with Gasteiger partial charge in [-0.3, -0.25) is 9.59 Å². The molecule has 130 valence electrons. The summed E-state index contributed by atoms with van der Waals surface area (Å²) in [6.45, 7) is 0. The lowest BCUT2D eigenvalue weighted by molar-refractivity contribution is -0.119. The number of fused-ring (bicyclic) bond motifs is 1. The van der Waals surface area contributed by atoms with Crippen LogP contribution in [0.1, 0.15) is 18.4 Å². The number of thioether (sulfide) groups is 1. The number of anilines is 1. The Kier molecular flexibility index (Phi) is 5.15. The predicted molar refractivity (Wildman–Crippen MR) is 94.8 cm³/mol. The molecule has 24 heavy (non-hydrogen) atoms. The van der Waals surface area contributed by atoms with E-state index in [1.54, 1.807) is 0 Å². The van der Waals surface area contributed by atoms with Gasteiger partial charge in [0.25, 0.3) is 0 Å². The van der Waals surface area contributed by atoms with Crippen molar-refractivity contribution in [3.8, 4) is 0 Å². The lowest BCUT2D eigenvalue weighted by atomic mass is 10.1. The minimum Gasteiger partial charge on any atom is -0.352 e. The van der Waals surface area contributed by atoms with Crippen LogP contribution >= 0.6 is 11.8 Å². The minimum absolute atomic E-state index is 0.0165. The number of carbonyl (C=O) groups is 2. The maximum absolute atomic E-state index is 12.3. The molecule has 0 radical (unpaired) electrons. The van der Waals surface area contributed by atoms with Gasteiger partial charge in [-0.15, -0.1) is 11.8 Å². The van der Waals surface area contributed by atoms with E-state index in [0.717, 1.165) is 17.7 Å². The van der Waals surface area contributed by atoms with E-state index in [-0.39, 0.29) is 40.4 Å². The molecule has 6 nitrogen and oxygen atoms in total. The van der Waals surface area contributed by atoms with E-state index in [0.29, 0.717) is 12.8 Å². The highest BCUT2D eigenvalue weighted by Gasteiger charge is 2.29. The van der Waals surface area contributed by atoms with Gasteiger partial charge in [0.1, 0.15) is 0 Å². The summed E-state index contributed by atoms with van der Waals surface area (Å²) in [6, 6.07) is 7.41. The van der Waals surface area contributed by atoms with E-state index in [1.807, 2.05) is 24.3 Å². The van der Waals surface area contributed by atoms with Crippen LogP contribution in [0.25, 0.3) is 0 Å². The van der Waals surface area contributed by atoms with Crippen LogP contribution in [0, 0.1) is 0 Å². The fourth-order valence-corrected chi connectivity index (χ4v) is 5.61. The van der Waals surface area contributed by atoms with E-state index in [2.05, 4.69) is 10.6 Å². The monoisotopic (exact) mass is 368 g/mol. The van der Waals surface area contributed by atoms with E-state index >= 15 is 0 Å². The first-order chi connectivity index (χ1) is 11.4. The standard InChI is InChI=1S/C16H20N2O4S2/c19-15(17-12-7-8-24(21,22)10-12)9-23-14-6-5-11-3-1-2-4-13(11)18-16(14)20/h1-4,12,14H,5-10H2,(H,17,19)(H,18,20)/t12-,14+/m0/s1. The van der Waals surface area contributed by atoms with Crippen LogP contribution in [-0.2, 0) is 25.8 Å². The number of aryl methyl sites for hydroxylation is 1. The van der Waals surface area contributed by atoms with Gasteiger partial charge in [-0.25, -0.2) is 8.42 Å². The van der Waals surface area contributed by atoms with Crippen molar-refractivity contribution >= 4 is 39.1 Å². The van der Waals surface area contributed by atoms with Crippen molar-refractivity contribution < 1.29 is 18.0 Å². The molecule has 1 saturated heterocycles. The molecule has 2 aliphatic rings. The first-order valence-corrected chi connectivity index (χ1v) is 10.8. The first-order valence-electron chi connectivity index (χ1n) is 7.93. The van der Waals surface area contributed by atoms with Gasteiger partial charge in [-0.05, 0) is 30.9 Å². The Labute approximate surface area is 145 Å². The van der Waals surface area contributed by atoms with Crippen molar-refractivity contribution in [1.82, 2.24) is 5.32 Å². The molecule has 0 unspecified atom stereocenters. The van der Waals surface area contributed by atoms with E-state index in [1.165, 1.54) is 11.8 Å². The van der Waals surface area contributed by atoms with Gasteiger partial charge in [-0.2, -0.15) is 0 Å². The largest absolute Gasteiger partial charge is 0.352 e. The number of rotatable bonds is 4. The number of benzene rings is 1. The highest BCUT2D eigenvalue weighted by molar-refractivity contribution is 8.01. The Morgan fingerprint density at radius 2 is 2.08 bits per heavy atom. The molecule has 1 fully saturated rings. The van der Waals surface area contributed by atoms with Gasteiger partial charge in [0, 0.05) is 11.7 Å². The molecule has 2 atom stereocenters. The molecule has 0 spiro atoms. The van der Waals surface area contributed by atoms with E-state index in [4.69, 9.17) is 0 Å². The zero-order valence-electron chi connectivity index (χ0n) is 13.2. The summed E-state index contributed by atoms with van der Waals surface area (Å²) in [7, 11) is -3.01. The van der Waals surface area contributed by atoms with Crippen molar-refractivity contribution in [2.75, 3.05) is 22.6 Å². The third-order valence-electron chi connectivity index (χ3n) is 4.26. The third kappa shape index (κ3) is 4.30. The lowest BCUT2D eigenvalue weighted by Crippen LogP contribution is -2.37. The number of para-hydroxylation sites is 1. The summed E-state index contributed by atoms with van der Waals surface area (Å²) in [4.78, 5) is 24.3. The molecule has 0 aromatic heterocycles. The van der Waals surface area contributed by atoms with Crippen molar-refractivity contribution in [2.24, 2.45) is 0 Å². The topological polar surface area (TPSA) is 92.3 Å². The van der Waals surface area contributed by atoms with Crippen LogP contribution in [0.2, 0.25) is 0 Å². The summed E-state index contributed by atoms with van der Waals surface area (Å²) in [5.41, 5.74) is 1.95.